The van der Waals surface area contributed by atoms with Crippen LogP contribution in [0.4, 0.5) is 5.69 Å². The molecule has 0 spiro atoms. The predicted octanol–water partition coefficient (Wildman–Crippen LogP) is 2.05. The van der Waals surface area contributed by atoms with E-state index in [2.05, 4.69) is 17.1 Å². The Bertz CT molecular complexity index is 453. The van der Waals surface area contributed by atoms with E-state index >= 15 is 0 Å². The van der Waals surface area contributed by atoms with E-state index in [1.54, 1.807) is 0 Å². The second-order valence-corrected chi connectivity index (χ2v) is 6.07. The van der Waals surface area contributed by atoms with Crippen LogP contribution < -0.4 is 11.1 Å². The fraction of sp³-hybridized carbons (Fsp3) is 0.588. The van der Waals surface area contributed by atoms with Crippen molar-refractivity contribution >= 4 is 11.6 Å². The molecule has 4 nitrogen and oxygen atoms in total. The molecular weight excluding hydrogens is 262 g/mol. The second-order valence-electron chi connectivity index (χ2n) is 6.07. The lowest BCUT2D eigenvalue weighted by molar-refractivity contribution is -0.121. The minimum absolute atomic E-state index is 0.114. The first kappa shape index (κ1) is 15.8. The maximum absolute atomic E-state index is 11.9. The minimum Gasteiger partial charge on any atom is -0.399 e. The Kier molecular flexibility index (Phi) is 6.05. The SMILES string of the molecule is CC1CCN(CCNC(=O)CCc2ccccc2N)CC1. The van der Waals surface area contributed by atoms with Gasteiger partial charge in [0, 0.05) is 25.2 Å². The zero-order chi connectivity index (χ0) is 15.1. The van der Waals surface area contributed by atoms with Crippen LogP contribution in [0.25, 0.3) is 0 Å². The maximum Gasteiger partial charge on any atom is 0.220 e. The number of hydrogen-bond donors (Lipinski definition) is 2. The van der Waals surface area contributed by atoms with E-state index in [1.807, 2.05) is 24.3 Å². The fourth-order valence-electron chi connectivity index (χ4n) is 2.74. The van der Waals surface area contributed by atoms with Crippen LogP contribution in [0.15, 0.2) is 24.3 Å². The normalized spacial score (nSPS) is 16.8. The molecule has 1 heterocycles. The van der Waals surface area contributed by atoms with E-state index in [-0.39, 0.29) is 5.91 Å². The molecule has 21 heavy (non-hydrogen) atoms. The molecule has 1 aliphatic heterocycles. The zero-order valence-corrected chi connectivity index (χ0v) is 13.0. The van der Waals surface area contributed by atoms with Gasteiger partial charge in [-0.2, -0.15) is 0 Å². The third kappa shape index (κ3) is 5.38. The first-order valence-corrected chi connectivity index (χ1v) is 7.97. The average Bonchev–Trinajstić information content (AvgIpc) is 2.48. The van der Waals surface area contributed by atoms with E-state index in [0.29, 0.717) is 12.8 Å². The lowest BCUT2D eigenvalue weighted by Crippen LogP contribution is -2.39. The zero-order valence-electron chi connectivity index (χ0n) is 13.0. The number of para-hydroxylation sites is 1. The predicted molar refractivity (Wildman–Crippen MR) is 87.0 cm³/mol. The van der Waals surface area contributed by atoms with E-state index in [0.717, 1.165) is 43.3 Å². The standard InChI is InChI=1S/C17H27N3O/c1-14-8-11-20(12-9-14)13-10-19-17(21)7-6-15-4-2-3-5-16(15)18/h2-5,14H,6-13,18H2,1H3,(H,19,21). The third-order valence-corrected chi connectivity index (χ3v) is 4.30. The molecule has 1 aromatic carbocycles. The Morgan fingerprint density at radius 1 is 1.33 bits per heavy atom. The molecule has 1 saturated heterocycles. The van der Waals surface area contributed by atoms with Gasteiger partial charge in [0.25, 0.3) is 0 Å². The number of aryl methyl sites for hydroxylation is 1. The molecule has 0 saturated carbocycles. The van der Waals surface area contributed by atoms with Crippen molar-refractivity contribution in [3.05, 3.63) is 29.8 Å². The number of nitrogens with two attached hydrogens (primary N) is 1. The molecule has 1 fully saturated rings. The van der Waals surface area contributed by atoms with Crippen LogP contribution in [0.5, 0.6) is 0 Å². The summed E-state index contributed by atoms with van der Waals surface area (Å²) in [5.41, 5.74) is 7.70. The van der Waals surface area contributed by atoms with Crippen LogP contribution >= 0.6 is 0 Å². The molecular formula is C17H27N3O. The third-order valence-electron chi connectivity index (χ3n) is 4.30. The second kappa shape index (κ2) is 8.03. The monoisotopic (exact) mass is 289 g/mol. The van der Waals surface area contributed by atoms with Gasteiger partial charge in [0.05, 0.1) is 0 Å². The topological polar surface area (TPSA) is 58.4 Å². The number of piperidine rings is 1. The molecule has 0 aliphatic carbocycles. The smallest absolute Gasteiger partial charge is 0.220 e. The van der Waals surface area contributed by atoms with E-state index < -0.39 is 0 Å². The van der Waals surface area contributed by atoms with Gasteiger partial charge < -0.3 is 16.0 Å². The van der Waals surface area contributed by atoms with Crippen molar-refractivity contribution in [2.45, 2.75) is 32.6 Å². The molecule has 0 aromatic heterocycles. The first-order valence-electron chi connectivity index (χ1n) is 7.97. The van der Waals surface area contributed by atoms with Crippen molar-refractivity contribution in [2.75, 3.05) is 31.9 Å². The maximum atomic E-state index is 11.9. The molecule has 0 unspecified atom stereocenters. The fourth-order valence-corrected chi connectivity index (χ4v) is 2.74. The number of nitrogens with one attached hydrogen (secondary N) is 1. The number of benzene rings is 1. The molecule has 116 valence electrons. The number of carbonyl (C=O) groups excluding carboxylic acids is 1. The van der Waals surface area contributed by atoms with Gasteiger partial charge in [-0.15, -0.1) is 0 Å². The number of anilines is 1. The highest BCUT2D eigenvalue weighted by Crippen LogP contribution is 2.15. The Morgan fingerprint density at radius 3 is 2.76 bits per heavy atom. The number of rotatable bonds is 6. The van der Waals surface area contributed by atoms with Gasteiger partial charge in [0.2, 0.25) is 5.91 Å². The first-order chi connectivity index (χ1) is 10.1. The summed E-state index contributed by atoms with van der Waals surface area (Å²) >= 11 is 0. The average molecular weight is 289 g/mol. The molecule has 0 radical (unpaired) electrons. The summed E-state index contributed by atoms with van der Waals surface area (Å²) in [4.78, 5) is 14.3. The molecule has 1 aromatic rings. The van der Waals surface area contributed by atoms with Crippen LogP contribution in [-0.4, -0.2) is 37.0 Å². The number of amides is 1. The molecule has 1 aliphatic rings. The number of carbonyl (C=O) groups is 1. The van der Waals surface area contributed by atoms with Gasteiger partial charge in [0.15, 0.2) is 0 Å². The lowest BCUT2D eigenvalue weighted by atomic mass is 9.99. The van der Waals surface area contributed by atoms with Gasteiger partial charge in [-0.3, -0.25) is 4.79 Å². The summed E-state index contributed by atoms with van der Waals surface area (Å²) < 4.78 is 0. The van der Waals surface area contributed by atoms with Crippen molar-refractivity contribution in [1.29, 1.82) is 0 Å². The molecule has 1 amide bonds. The Labute approximate surface area is 127 Å². The number of nitrogen functional groups attached to an aromatic ring is 1. The van der Waals surface area contributed by atoms with Gasteiger partial charge in [-0.25, -0.2) is 0 Å². The van der Waals surface area contributed by atoms with Crippen LogP contribution in [-0.2, 0) is 11.2 Å². The van der Waals surface area contributed by atoms with Gasteiger partial charge in [-0.1, -0.05) is 25.1 Å². The van der Waals surface area contributed by atoms with Gasteiger partial charge in [0.1, 0.15) is 0 Å². The molecule has 2 rings (SSSR count). The quantitative estimate of drug-likeness (QED) is 0.788. The Morgan fingerprint density at radius 2 is 2.05 bits per heavy atom. The summed E-state index contributed by atoms with van der Waals surface area (Å²) in [7, 11) is 0. The van der Waals surface area contributed by atoms with Crippen LogP contribution in [0.1, 0.15) is 31.7 Å². The van der Waals surface area contributed by atoms with Crippen LogP contribution in [0, 0.1) is 5.92 Å². The van der Waals surface area contributed by atoms with Gasteiger partial charge in [-0.05, 0) is 49.9 Å². The highest BCUT2D eigenvalue weighted by atomic mass is 16.1. The van der Waals surface area contributed by atoms with Crippen molar-refractivity contribution in [2.24, 2.45) is 5.92 Å². The number of likely N-dealkylation sites (tertiary alicyclic amines) is 1. The summed E-state index contributed by atoms with van der Waals surface area (Å²) in [6.45, 7) is 6.35. The van der Waals surface area contributed by atoms with E-state index in [4.69, 9.17) is 5.73 Å². The molecule has 4 heteroatoms. The summed E-state index contributed by atoms with van der Waals surface area (Å²) in [5, 5.41) is 3.01. The van der Waals surface area contributed by atoms with Crippen LogP contribution in [0.3, 0.4) is 0 Å². The van der Waals surface area contributed by atoms with Crippen LogP contribution in [0.2, 0.25) is 0 Å². The molecule has 0 atom stereocenters. The van der Waals surface area contributed by atoms with Crippen molar-refractivity contribution in [3.63, 3.8) is 0 Å². The van der Waals surface area contributed by atoms with Crippen molar-refractivity contribution < 1.29 is 4.79 Å². The summed E-state index contributed by atoms with van der Waals surface area (Å²) in [5.74, 6) is 0.968. The summed E-state index contributed by atoms with van der Waals surface area (Å²) in [6.07, 6.45) is 3.77. The largest absolute Gasteiger partial charge is 0.399 e. The number of hydrogen-bond acceptors (Lipinski definition) is 3. The minimum atomic E-state index is 0.114. The molecule has 0 bridgehead atoms. The van der Waals surface area contributed by atoms with Gasteiger partial charge >= 0.3 is 0 Å². The van der Waals surface area contributed by atoms with Crippen molar-refractivity contribution in [1.82, 2.24) is 10.2 Å². The van der Waals surface area contributed by atoms with E-state index in [1.165, 1.54) is 12.8 Å². The highest BCUT2D eigenvalue weighted by molar-refractivity contribution is 5.76. The Balaban J connectivity index is 1.61. The molecule has 3 N–H and O–H groups in total. The number of nitrogens with zero attached hydrogens (tertiary/aromatic N) is 1. The lowest BCUT2D eigenvalue weighted by Gasteiger charge is -2.30. The Hall–Kier alpha value is -1.55. The highest BCUT2D eigenvalue weighted by Gasteiger charge is 2.15. The van der Waals surface area contributed by atoms with Crippen molar-refractivity contribution in [3.8, 4) is 0 Å². The summed E-state index contributed by atoms with van der Waals surface area (Å²) in [6, 6.07) is 7.74. The van der Waals surface area contributed by atoms with E-state index in [9.17, 15) is 4.79 Å².